The van der Waals surface area contributed by atoms with E-state index in [1.807, 2.05) is 12.1 Å². The van der Waals surface area contributed by atoms with Gasteiger partial charge in [0.15, 0.2) is 0 Å². The lowest BCUT2D eigenvalue weighted by atomic mass is 10.2. The van der Waals surface area contributed by atoms with Crippen LogP contribution in [0.25, 0.3) is 10.9 Å². The second-order valence-corrected chi connectivity index (χ2v) is 7.64. The lowest BCUT2D eigenvalue weighted by molar-refractivity contribution is 0.249. The van der Waals surface area contributed by atoms with Gasteiger partial charge in [-0.1, -0.05) is 5.16 Å². The van der Waals surface area contributed by atoms with Crippen molar-refractivity contribution < 1.29 is 4.52 Å². The van der Waals surface area contributed by atoms with Crippen LogP contribution in [-0.2, 0) is 13.1 Å². The quantitative estimate of drug-likeness (QED) is 0.690. The van der Waals surface area contributed by atoms with Gasteiger partial charge in [-0.25, -0.2) is 4.98 Å². The summed E-state index contributed by atoms with van der Waals surface area (Å²) in [6.07, 6.45) is 7.65. The molecule has 0 amide bonds. The van der Waals surface area contributed by atoms with Crippen LogP contribution in [0, 0.1) is 5.92 Å². The zero-order valence-electron chi connectivity index (χ0n) is 15.3. The average Bonchev–Trinajstić information content (AvgIpc) is 3.37. The van der Waals surface area contributed by atoms with Crippen LogP contribution in [0.3, 0.4) is 0 Å². The fourth-order valence-electron chi connectivity index (χ4n) is 3.78. The number of rotatable bonds is 5. The van der Waals surface area contributed by atoms with Crippen molar-refractivity contribution >= 4 is 16.6 Å². The smallest absolute Gasteiger partial charge is 0.261 e. The van der Waals surface area contributed by atoms with Crippen molar-refractivity contribution in [2.45, 2.75) is 25.9 Å². The second-order valence-electron chi connectivity index (χ2n) is 7.64. The van der Waals surface area contributed by atoms with E-state index in [9.17, 15) is 4.79 Å². The molecule has 1 aliphatic carbocycles. The summed E-state index contributed by atoms with van der Waals surface area (Å²) in [4.78, 5) is 22.0. The van der Waals surface area contributed by atoms with Crippen LogP contribution in [-0.4, -0.2) is 45.8 Å². The van der Waals surface area contributed by atoms with Gasteiger partial charge in [0.05, 0.1) is 23.4 Å². The Kier molecular flexibility index (Phi) is 4.16. The molecule has 1 aromatic carbocycles. The first kappa shape index (κ1) is 16.5. The average molecular weight is 365 g/mol. The molecular weight excluding hydrogens is 342 g/mol. The Bertz CT molecular complexity index is 985. The molecule has 2 aliphatic rings. The normalized spacial score (nSPS) is 18.3. The van der Waals surface area contributed by atoms with E-state index in [1.165, 1.54) is 12.8 Å². The van der Waals surface area contributed by atoms with Gasteiger partial charge in [-0.2, -0.15) is 0 Å². The molecule has 7 nitrogen and oxygen atoms in total. The Labute approximate surface area is 157 Å². The number of fused-ring (bicyclic) bond motifs is 1. The number of nitrogens with zero attached hydrogens (tertiary/aromatic N) is 5. The van der Waals surface area contributed by atoms with Crippen molar-refractivity contribution in [3.05, 3.63) is 52.9 Å². The Morgan fingerprint density at radius 3 is 2.74 bits per heavy atom. The second kappa shape index (κ2) is 6.81. The van der Waals surface area contributed by atoms with Crippen molar-refractivity contribution in [1.82, 2.24) is 19.6 Å². The lowest BCUT2D eigenvalue weighted by Gasteiger charge is -2.35. The van der Waals surface area contributed by atoms with E-state index in [4.69, 9.17) is 4.52 Å². The third-order valence-corrected chi connectivity index (χ3v) is 5.59. The zero-order valence-corrected chi connectivity index (χ0v) is 15.3. The molecule has 3 heterocycles. The van der Waals surface area contributed by atoms with Gasteiger partial charge in [0, 0.05) is 50.5 Å². The number of hydrogen-bond acceptors (Lipinski definition) is 6. The van der Waals surface area contributed by atoms with Crippen molar-refractivity contribution in [1.29, 1.82) is 0 Å². The maximum atomic E-state index is 12.7. The summed E-state index contributed by atoms with van der Waals surface area (Å²) in [7, 11) is 0. The van der Waals surface area contributed by atoms with Crippen LogP contribution in [0.2, 0.25) is 0 Å². The van der Waals surface area contributed by atoms with Crippen molar-refractivity contribution in [2.75, 3.05) is 31.1 Å². The highest BCUT2D eigenvalue weighted by molar-refractivity contribution is 5.81. The predicted octanol–water partition coefficient (Wildman–Crippen LogP) is 2.12. The molecule has 0 radical (unpaired) electrons. The monoisotopic (exact) mass is 365 g/mol. The fourth-order valence-corrected chi connectivity index (χ4v) is 3.78. The summed E-state index contributed by atoms with van der Waals surface area (Å²) < 4.78 is 6.68. The van der Waals surface area contributed by atoms with E-state index >= 15 is 0 Å². The molecule has 27 heavy (non-hydrogen) atoms. The van der Waals surface area contributed by atoms with E-state index in [-0.39, 0.29) is 5.56 Å². The molecule has 7 heteroatoms. The summed E-state index contributed by atoms with van der Waals surface area (Å²) in [6.45, 7) is 5.55. The van der Waals surface area contributed by atoms with Crippen LogP contribution in [0.4, 0.5) is 5.69 Å². The summed E-state index contributed by atoms with van der Waals surface area (Å²) >= 11 is 0. The van der Waals surface area contributed by atoms with Gasteiger partial charge >= 0.3 is 0 Å². The molecule has 140 valence electrons. The minimum atomic E-state index is 0.0805. The third kappa shape index (κ3) is 3.47. The molecular formula is C20H23N5O2. The highest BCUT2D eigenvalue weighted by Gasteiger charge is 2.23. The van der Waals surface area contributed by atoms with Gasteiger partial charge in [-0.05, 0) is 37.0 Å². The van der Waals surface area contributed by atoms with E-state index < -0.39 is 0 Å². The molecule has 0 bridgehead atoms. The molecule has 1 saturated heterocycles. The Hall–Kier alpha value is -2.67. The van der Waals surface area contributed by atoms with E-state index in [1.54, 1.807) is 23.4 Å². The number of aromatic nitrogens is 3. The van der Waals surface area contributed by atoms with E-state index in [0.29, 0.717) is 11.3 Å². The minimum Gasteiger partial charge on any atom is -0.369 e. The molecule has 1 saturated carbocycles. The summed E-state index contributed by atoms with van der Waals surface area (Å²) in [6, 6.07) is 6.04. The molecule has 3 aromatic rings. The Morgan fingerprint density at radius 2 is 2.00 bits per heavy atom. The first-order valence-corrected chi connectivity index (χ1v) is 9.61. The minimum absolute atomic E-state index is 0.0805. The van der Waals surface area contributed by atoms with Crippen molar-refractivity contribution in [3.63, 3.8) is 0 Å². The molecule has 0 spiro atoms. The summed E-state index contributed by atoms with van der Waals surface area (Å²) in [5.41, 5.74) is 3.12. The highest BCUT2D eigenvalue weighted by atomic mass is 16.5. The standard InChI is InChI=1S/C20H23N5O2/c26-20-18-4-3-17(9-19(18)21-14-25(20)12-15-1-2-15)24-7-5-23(6-8-24)11-16-10-22-27-13-16/h3-4,9-10,13-15H,1-2,5-8,11-12H2. The Balaban J connectivity index is 1.30. The maximum Gasteiger partial charge on any atom is 0.261 e. The van der Waals surface area contributed by atoms with Crippen LogP contribution in [0.1, 0.15) is 18.4 Å². The summed E-state index contributed by atoms with van der Waals surface area (Å²) in [5.74, 6) is 0.662. The summed E-state index contributed by atoms with van der Waals surface area (Å²) in [5, 5.41) is 4.48. The first-order chi connectivity index (χ1) is 13.3. The van der Waals surface area contributed by atoms with Gasteiger partial charge in [-0.15, -0.1) is 0 Å². The van der Waals surface area contributed by atoms with Crippen molar-refractivity contribution in [2.24, 2.45) is 5.92 Å². The molecule has 5 rings (SSSR count). The maximum absolute atomic E-state index is 12.7. The topological polar surface area (TPSA) is 67.4 Å². The van der Waals surface area contributed by atoms with E-state index in [2.05, 4.69) is 26.0 Å². The van der Waals surface area contributed by atoms with Crippen molar-refractivity contribution in [3.8, 4) is 0 Å². The highest BCUT2D eigenvalue weighted by Crippen LogP contribution is 2.30. The number of benzene rings is 1. The van der Waals surface area contributed by atoms with Crippen LogP contribution >= 0.6 is 0 Å². The SMILES string of the molecule is O=c1c2ccc(N3CCN(Cc4cnoc4)CC3)cc2ncn1CC1CC1. The first-order valence-electron chi connectivity index (χ1n) is 9.61. The molecule has 0 N–H and O–H groups in total. The number of hydrogen-bond donors (Lipinski definition) is 0. The predicted molar refractivity (Wildman–Crippen MR) is 103 cm³/mol. The third-order valence-electron chi connectivity index (χ3n) is 5.59. The zero-order chi connectivity index (χ0) is 18.2. The molecule has 2 aromatic heterocycles. The van der Waals surface area contributed by atoms with E-state index in [0.717, 1.165) is 56.0 Å². The van der Waals surface area contributed by atoms with Crippen LogP contribution < -0.4 is 10.5 Å². The molecule has 1 aliphatic heterocycles. The van der Waals surface area contributed by atoms with Gasteiger partial charge < -0.3 is 9.42 Å². The molecule has 2 fully saturated rings. The van der Waals surface area contributed by atoms with Crippen LogP contribution in [0.5, 0.6) is 0 Å². The Morgan fingerprint density at radius 1 is 1.15 bits per heavy atom. The van der Waals surface area contributed by atoms with Crippen LogP contribution in [0.15, 0.2) is 46.3 Å². The van der Waals surface area contributed by atoms with Gasteiger partial charge in [0.1, 0.15) is 6.26 Å². The molecule has 0 unspecified atom stereocenters. The molecule has 0 atom stereocenters. The lowest BCUT2D eigenvalue weighted by Crippen LogP contribution is -2.45. The number of piperazine rings is 1. The number of anilines is 1. The van der Waals surface area contributed by atoms with Gasteiger partial charge in [0.25, 0.3) is 5.56 Å². The fraction of sp³-hybridized carbons (Fsp3) is 0.450. The van der Waals surface area contributed by atoms with Gasteiger partial charge in [0.2, 0.25) is 0 Å². The largest absolute Gasteiger partial charge is 0.369 e. The van der Waals surface area contributed by atoms with Gasteiger partial charge in [-0.3, -0.25) is 14.3 Å².